The molecular formula is C18H16O5. The van der Waals surface area contributed by atoms with Gasteiger partial charge in [-0.1, -0.05) is 19.9 Å². The maximum atomic E-state index is 12.9. The number of fused-ring (bicyclic) bond motifs is 4. The number of aromatic hydroxyl groups is 2. The highest BCUT2D eigenvalue weighted by Gasteiger charge is 2.41. The summed E-state index contributed by atoms with van der Waals surface area (Å²) in [7, 11) is 0. The van der Waals surface area contributed by atoms with E-state index >= 15 is 0 Å². The van der Waals surface area contributed by atoms with Crippen LogP contribution in [0.5, 0.6) is 17.2 Å². The Hall–Kier alpha value is -2.69. The van der Waals surface area contributed by atoms with Crippen LogP contribution in [0.2, 0.25) is 0 Å². The molecule has 118 valence electrons. The van der Waals surface area contributed by atoms with Crippen molar-refractivity contribution in [2.75, 3.05) is 0 Å². The molecule has 1 unspecified atom stereocenters. The topological polar surface area (TPSA) is 79.9 Å². The first-order chi connectivity index (χ1) is 10.8. The molecule has 5 nitrogen and oxygen atoms in total. The van der Waals surface area contributed by atoms with Crippen LogP contribution >= 0.6 is 0 Å². The summed E-state index contributed by atoms with van der Waals surface area (Å²) in [5, 5.41) is 20.8. The Morgan fingerprint density at radius 1 is 1.13 bits per heavy atom. The lowest BCUT2D eigenvalue weighted by atomic mass is 9.81. The van der Waals surface area contributed by atoms with Crippen LogP contribution in [0.1, 0.15) is 26.3 Å². The molecule has 5 heteroatoms. The molecule has 1 aliphatic heterocycles. The van der Waals surface area contributed by atoms with E-state index < -0.39 is 0 Å². The van der Waals surface area contributed by atoms with Crippen molar-refractivity contribution in [3.8, 4) is 17.2 Å². The zero-order valence-corrected chi connectivity index (χ0v) is 13.0. The Balaban J connectivity index is 2.25. The summed E-state index contributed by atoms with van der Waals surface area (Å²) in [5.41, 5.74) is 0.218. The van der Waals surface area contributed by atoms with Crippen LogP contribution in [0.4, 0.5) is 0 Å². The Morgan fingerprint density at radius 2 is 1.87 bits per heavy atom. The molecule has 0 radical (unpaired) electrons. The van der Waals surface area contributed by atoms with Crippen molar-refractivity contribution in [1.29, 1.82) is 0 Å². The summed E-state index contributed by atoms with van der Waals surface area (Å²) in [6.07, 6.45) is -0.137. The zero-order chi connectivity index (χ0) is 16.5. The molecule has 4 rings (SSSR count). The number of ether oxygens (including phenoxy) is 1. The zero-order valence-electron chi connectivity index (χ0n) is 13.0. The molecule has 23 heavy (non-hydrogen) atoms. The highest BCUT2D eigenvalue weighted by Crippen LogP contribution is 2.48. The van der Waals surface area contributed by atoms with Gasteiger partial charge in [0.2, 0.25) is 5.43 Å². The predicted octanol–water partition coefficient (Wildman–Crippen LogP) is 3.42. The fourth-order valence-electron chi connectivity index (χ4n) is 3.13. The van der Waals surface area contributed by atoms with Crippen molar-refractivity contribution in [3.63, 3.8) is 0 Å². The van der Waals surface area contributed by atoms with Crippen LogP contribution in [0.15, 0.2) is 33.5 Å². The molecule has 0 spiro atoms. The predicted molar refractivity (Wildman–Crippen MR) is 86.4 cm³/mol. The van der Waals surface area contributed by atoms with Crippen molar-refractivity contribution in [2.24, 2.45) is 0 Å². The van der Waals surface area contributed by atoms with E-state index in [1.165, 1.54) is 6.07 Å². The lowest BCUT2D eigenvalue weighted by Crippen LogP contribution is -2.28. The first-order valence-corrected chi connectivity index (χ1v) is 7.44. The third kappa shape index (κ3) is 1.64. The number of phenolic OH excluding ortho intramolecular Hbond substituents is 2. The smallest absolute Gasteiger partial charge is 0.204 e. The quantitative estimate of drug-likeness (QED) is 0.622. The van der Waals surface area contributed by atoms with Crippen molar-refractivity contribution in [2.45, 2.75) is 32.3 Å². The number of hydrogen-bond donors (Lipinski definition) is 2. The lowest BCUT2D eigenvalue weighted by molar-refractivity contribution is 0.187. The molecule has 0 aliphatic carbocycles. The standard InChI is InChI=1S/C18H16O5/c1-8-18(2,3)10-7-12(20)17-13(16(10)22-8)14(21)9-5-4-6-11(19)15(9)23-17/h4-8,19-20H,1-3H3. The van der Waals surface area contributed by atoms with E-state index in [0.717, 1.165) is 5.56 Å². The highest BCUT2D eigenvalue weighted by molar-refractivity contribution is 5.98. The number of para-hydroxylation sites is 1. The molecular weight excluding hydrogens is 296 g/mol. The van der Waals surface area contributed by atoms with E-state index in [4.69, 9.17) is 9.15 Å². The molecule has 0 saturated heterocycles. The normalized spacial score (nSPS) is 19.0. The van der Waals surface area contributed by atoms with Crippen molar-refractivity contribution in [1.82, 2.24) is 0 Å². The Bertz CT molecular complexity index is 1030. The number of benzene rings is 2. The molecule has 0 fully saturated rings. The van der Waals surface area contributed by atoms with Crippen LogP contribution in [0.25, 0.3) is 21.9 Å². The van der Waals surface area contributed by atoms with Gasteiger partial charge >= 0.3 is 0 Å². The number of phenols is 2. The summed E-state index contributed by atoms with van der Waals surface area (Å²) >= 11 is 0. The molecule has 2 aromatic carbocycles. The van der Waals surface area contributed by atoms with Crippen LogP contribution in [0, 0.1) is 0 Å². The first-order valence-electron chi connectivity index (χ1n) is 7.44. The van der Waals surface area contributed by atoms with E-state index in [-0.39, 0.29) is 50.4 Å². The minimum absolute atomic E-state index is 0.0349. The number of hydrogen-bond acceptors (Lipinski definition) is 5. The van der Waals surface area contributed by atoms with Crippen LogP contribution in [-0.2, 0) is 5.41 Å². The SMILES string of the molecule is CC1Oc2c(cc(O)c3oc4c(O)cccc4c(=O)c23)C1(C)C. The largest absolute Gasteiger partial charge is 0.504 e. The van der Waals surface area contributed by atoms with Crippen molar-refractivity contribution < 1.29 is 19.4 Å². The van der Waals surface area contributed by atoms with Crippen LogP contribution in [0.3, 0.4) is 0 Å². The summed E-state index contributed by atoms with van der Waals surface area (Å²) in [5.74, 6) is 0.178. The minimum Gasteiger partial charge on any atom is -0.504 e. The number of rotatable bonds is 0. The fourth-order valence-corrected chi connectivity index (χ4v) is 3.13. The second-order valence-corrected chi connectivity index (χ2v) is 6.54. The van der Waals surface area contributed by atoms with Crippen LogP contribution in [-0.4, -0.2) is 16.3 Å². The van der Waals surface area contributed by atoms with Gasteiger partial charge in [0, 0.05) is 11.0 Å². The molecule has 0 saturated carbocycles. The summed E-state index contributed by atoms with van der Waals surface area (Å²) in [4.78, 5) is 12.9. The maximum Gasteiger partial charge on any atom is 0.204 e. The third-order valence-electron chi connectivity index (χ3n) is 4.89. The highest BCUT2D eigenvalue weighted by atomic mass is 16.5. The van der Waals surface area contributed by atoms with E-state index in [0.29, 0.717) is 5.75 Å². The van der Waals surface area contributed by atoms with E-state index in [1.807, 2.05) is 20.8 Å². The lowest BCUT2D eigenvalue weighted by Gasteiger charge is -2.22. The Morgan fingerprint density at radius 3 is 2.61 bits per heavy atom. The Labute approximate surface area is 131 Å². The average Bonchev–Trinajstić information content (AvgIpc) is 2.72. The third-order valence-corrected chi connectivity index (χ3v) is 4.89. The van der Waals surface area contributed by atoms with Gasteiger partial charge < -0.3 is 19.4 Å². The summed E-state index contributed by atoms with van der Waals surface area (Å²) in [6.45, 7) is 5.93. The second-order valence-electron chi connectivity index (χ2n) is 6.54. The van der Waals surface area contributed by atoms with Gasteiger partial charge in [-0.2, -0.15) is 0 Å². The Kier molecular flexibility index (Phi) is 2.54. The molecule has 2 N–H and O–H groups in total. The molecule has 0 bridgehead atoms. The minimum atomic E-state index is -0.332. The monoisotopic (exact) mass is 312 g/mol. The van der Waals surface area contributed by atoms with Gasteiger partial charge in [0.05, 0.1) is 5.39 Å². The first kappa shape index (κ1) is 13.9. The molecule has 0 amide bonds. The molecule has 1 aliphatic rings. The van der Waals surface area contributed by atoms with E-state index in [1.54, 1.807) is 18.2 Å². The van der Waals surface area contributed by atoms with Gasteiger partial charge in [0.1, 0.15) is 17.2 Å². The van der Waals surface area contributed by atoms with Gasteiger partial charge in [-0.3, -0.25) is 4.79 Å². The van der Waals surface area contributed by atoms with Crippen LogP contribution < -0.4 is 10.2 Å². The maximum absolute atomic E-state index is 12.9. The van der Waals surface area contributed by atoms with Gasteiger partial charge in [0.15, 0.2) is 22.7 Å². The summed E-state index contributed by atoms with van der Waals surface area (Å²) < 4.78 is 11.6. The van der Waals surface area contributed by atoms with E-state index in [9.17, 15) is 15.0 Å². The van der Waals surface area contributed by atoms with Gasteiger partial charge in [-0.05, 0) is 25.1 Å². The van der Waals surface area contributed by atoms with Crippen molar-refractivity contribution >= 4 is 21.9 Å². The van der Waals surface area contributed by atoms with Gasteiger partial charge in [-0.15, -0.1) is 0 Å². The second kappa shape index (κ2) is 4.19. The molecule has 2 heterocycles. The average molecular weight is 312 g/mol. The van der Waals surface area contributed by atoms with E-state index in [2.05, 4.69) is 0 Å². The molecule has 1 aromatic heterocycles. The summed E-state index contributed by atoms with van der Waals surface area (Å²) in [6, 6.07) is 6.18. The van der Waals surface area contributed by atoms with Crippen molar-refractivity contribution in [3.05, 3.63) is 40.1 Å². The van der Waals surface area contributed by atoms with Gasteiger partial charge in [-0.25, -0.2) is 0 Å². The van der Waals surface area contributed by atoms with Gasteiger partial charge in [0.25, 0.3) is 0 Å². The molecule has 1 atom stereocenters. The fraction of sp³-hybridized carbons (Fsp3) is 0.278. The molecule has 3 aromatic rings.